The zero-order chi connectivity index (χ0) is 23.5. The van der Waals surface area contributed by atoms with Crippen molar-refractivity contribution in [1.29, 1.82) is 0 Å². The summed E-state index contributed by atoms with van der Waals surface area (Å²) in [6.07, 6.45) is 0.158. The topological polar surface area (TPSA) is 86.2 Å². The molecule has 0 aliphatic carbocycles. The van der Waals surface area contributed by atoms with Gasteiger partial charge in [0, 0.05) is 32.7 Å². The van der Waals surface area contributed by atoms with Gasteiger partial charge in [-0.25, -0.2) is 0 Å². The number of aliphatic hydroxyl groups is 1. The zero-order valence-electron chi connectivity index (χ0n) is 19.8. The molecule has 2 aromatic carbocycles. The lowest BCUT2D eigenvalue weighted by atomic mass is 10.1. The highest BCUT2D eigenvalue weighted by atomic mass is 16.5. The lowest BCUT2D eigenvalue weighted by molar-refractivity contribution is 0.0827. The third kappa shape index (κ3) is 8.23. The molecule has 32 heavy (non-hydrogen) atoms. The number of nitrogens with zero attached hydrogens (tertiary/aromatic N) is 2. The number of hydrogen-bond acceptors (Lipinski definition) is 4. The molecule has 7 nitrogen and oxygen atoms in total. The van der Waals surface area contributed by atoms with Crippen LogP contribution in [0.1, 0.15) is 48.4 Å². The molecule has 2 rings (SSSR count). The normalized spacial score (nSPS) is 12.4. The summed E-state index contributed by atoms with van der Waals surface area (Å²) in [5, 5.41) is 17.0. The van der Waals surface area contributed by atoms with Crippen molar-refractivity contribution in [3.8, 4) is 5.75 Å². The zero-order valence-corrected chi connectivity index (χ0v) is 19.8. The summed E-state index contributed by atoms with van der Waals surface area (Å²) >= 11 is 0. The van der Waals surface area contributed by atoms with E-state index < -0.39 is 6.10 Å². The quantitative estimate of drug-likeness (QED) is 0.391. The van der Waals surface area contributed by atoms with E-state index in [-0.39, 0.29) is 18.6 Å². The monoisotopic (exact) mass is 440 g/mol. The van der Waals surface area contributed by atoms with E-state index in [4.69, 9.17) is 4.74 Å². The van der Waals surface area contributed by atoms with Gasteiger partial charge in [-0.1, -0.05) is 24.3 Å². The van der Waals surface area contributed by atoms with E-state index in [1.165, 1.54) is 0 Å². The van der Waals surface area contributed by atoms with Gasteiger partial charge in [-0.15, -0.1) is 0 Å². The molecule has 174 valence electrons. The van der Waals surface area contributed by atoms with Gasteiger partial charge in [0.15, 0.2) is 5.96 Å². The predicted octanol–water partition coefficient (Wildman–Crippen LogP) is 3.01. The van der Waals surface area contributed by atoms with E-state index in [2.05, 4.69) is 15.6 Å². The average molecular weight is 441 g/mol. The molecule has 1 amide bonds. The van der Waals surface area contributed by atoms with Crippen LogP contribution in [0.3, 0.4) is 0 Å². The molecule has 7 heteroatoms. The number of guanidine groups is 1. The molecule has 0 aromatic heterocycles. The summed E-state index contributed by atoms with van der Waals surface area (Å²) in [4.78, 5) is 18.2. The largest absolute Gasteiger partial charge is 0.491 e. The molecule has 3 N–H and O–H groups in total. The number of nitrogens with one attached hydrogen (secondary N) is 2. The number of hydrogen-bond donors (Lipinski definition) is 3. The molecular formula is C25H36N4O3. The lowest BCUT2D eigenvalue weighted by Gasteiger charge is -2.15. The molecule has 0 saturated carbocycles. The van der Waals surface area contributed by atoms with Gasteiger partial charge >= 0.3 is 0 Å². The van der Waals surface area contributed by atoms with Gasteiger partial charge in [-0.3, -0.25) is 9.79 Å². The van der Waals surface area contributed by atoms with E-state index in [1.54, 1.807) is 19.0 Å². The van der Waals surface area contributed by atoms with E-state index in [1.807, 2.05) is 69.3 Å². The summed E-state index contributed by atoms with van der Waals surface area (Å²) in [5.74, 6) is 1.42. The maximum absolute atomic E-state index is 12.1. The van der Waals surface area contributed by atoms with Gasteiger partial charge in [-0.2, -0.15) is 0 Å². The standard InChI is InChI=1S/C25H36N4O3/c1-6-26-25(27-15-14-19-8-7-9-21(16-19)24(31)29(4)5)28-17-23(30)20-10-12-22(13-11-20)32-18(2)3/h7-13,16,18,23,30H,6,14-15,17H2,1-5H3,(H2,26,27,28). The molecule has 0 bridgehead atoms. The second-order valence-electron chi connectivity index (χ2n) is 8.05. The van der Waals surface area contributed by atoms with Crippen molar-refractivity contribution < 1.29 is 14.6 Å². The van der Waals surface area contributed by atoms with Crippen molar-refractivity contribution in [2.75, 3.05) is 33.7 Å². The SMILES string of the molecule is CCNC(=NCC(O)c1ccc(OC(C)C)cc1)NCCc1cccc(C(=O)N(C)C)c1. The Bertz CT molecular complexity index is 879. The van der Waals surface area contributed by atoms with Crippen LogP contribution in [0.5, 0.6) is 5.75 Å². The van der Waals surface area contributed by atoms with Crippen LogP contribution in [-0.2, 0) is 6.42 Å². The van der Waals surface area contributed by atoms with Crippen LogP contribution in [0.4, 0.5) is 0 Å². The number of aliphatic imine (C=N–C) groups is 1. The molecule has 0 saturated heterocycles. The first-order valence-corrected chi connectivity index (χ1v) is 11.1. The molecular weight excluding hydrogens is 404 g/mol. The number of aliphatic hydroxyl groups excluding tert-OH is 1. The number of carbonyl (C=O) groups excluding carboxylic acids is 1. The Morgan fingerprint density at radius 3 is 2.47 bits per heavy atom. The summed E-state index contributed by atoms with van der Waals surface area (Å²) in [7, 11) is 3.50. The molecule has 1 atom stereocenters. The number of ether oxygens (including phenoxy) is 1. The fourth-order valence-corrected chi connectivity index (χ4v) is 3.11. The Kier molecular flexibility index (Phi) is 10.0. The van der Waals surface area contributed by atoms with E-state index in [0.29, 0.717) is 18.1 Å². The van der Waals surface area contributed by atoms with E-state index >= 15 is 0 Å². The third-order valence-electron chi connectivity index (χ3n) is 4.69. The number of amides is 1. The van der Waals surface area contributed by atoms with Crippen LogP contribution in [0.2, 0.25) is 0 Å². The maximum atomic E-state index is 12.1. The van der Waals surface area contributed by atoms with E-state index in [9.17, 15) is 9.90 Å². The molecule has 0 fully saturated rings. The highest BCUT2D eigenvalue weighted by Gasteiger charge is 2.10. The summed E-state index contributed by atoms with van der Waals surface area (Å²) in [6, 6.07) is 15.1. The van der Waals surface area contributed by atoms with Crippen LogP contribution >= 0.6 is 0 Å². The first-order chi connectivity index (χ1) is 15.3. The number of benzene rings is 2. The van der Waals surface area contributed by atoms with Crippen LogP contribution in [0.15, 0.2) is 53.5 Å². The van der Waals surface area contributed by atoms with Crippen LogP contribution in [-0.4, -0.2) is 61.7 Å². The van der Waals surface area contributed by atoms with Gasteiger partial charge in [0.25, 0.3) is 5.91 Å². The maximum Gasteiger partial charge on any atom is 0.253 e. The second kappa shape index (κ2) is 12.7. The van der Waals surface area contributed by atoms with Crippen LogP contribution in [0, 0.1) is 0 Å². The van der Waals surface area contributed by atoms with Crippen LogP contribution in [0.25, 0.3) is 0 Å². The van der Waals surface area contributed by atoms with E-state index in [0.717, 1.165) is 29.8 Å². The molecule has 0 aliphatic heterocycles. The Hall–Kier alpha value is -3.06. The smallest absolute Gasteiger partial charge is 0.253 e. The highest BCUT2D eigenvalue weighted by Crippen LogP contribution is 2.19. The van der Waals surface area contributed by atoms with Gasteiger partial charge in [0.1, 0.15) is 5.75 Å². The fourth-order valence-electron chi connectivity index (χ4n) is 3.11. The molecule has 0 spiro atoms. The fraction of sp³-hybridized carbons (Fsp3) is 0.440. The Balaban J connectivity index is 1.91. The Morgan fingerprint density at radius 1 is 1.12 bits per heavy atom. The van der Waals surface area contributed by atoms with Crippen molar-refractivity contribution in [2.24, 2.45) is 4.99 Å². The minimum atomic E-state index is -0.702. The molecule has 0 radical (unpaired) electrons. The van der Waals surface area contributed by atoms with Gasteiger partial charge in [0.2, 0.25) is 0 Å². The third-order valence-corrected chi connectivity index (χ3v) is 4.69. The Morgan fingerprint density at radius 2 is 1.84 bits per heavy atom. The van der Waals surface area contributed by atoms with Crippen molar-refractivity contribution in [3.63, 3.8) is 0 Å². The minimum absolute atomic E-state index is 0.00695. The average Bonchev–Trinajstić information content (AvgIpc) is 2.77. The molecule has 2 aromatic rings. The van der Waals surface area contributed by atoms with Gasteiger partial charge < -0.3 is 25.4 Å². The van der Waals surface area contributed by atoms with Crippen molar-refractivity contribution in [1.82, 2.24) is 15.5 Å². The molecule has 1 unspecified atom stereocenters. The Labute approximate surface area is 191 Å². The van der Waals surface area contributed by atoms with Crippen LogP contribution < -0.4 is 15.4 Å². The van der Waals surface area contributed by atoms with Crippen molar-refractivity contribution >= 4 is 11.9 Å². The summed E-state index contributed by atoms with van der Waals surface area (Å²) < 4.78 is 5.64. The summed E-state index contributed by atoms with van der Waals surface area (Å²) in [5.41, 5.74) is 2.55. The van der Waals surface area contributed by atoms with Crippen molar-refractivity contribution in [3.05, 3.63) is 65.2 Å². The molecule has 0 heterocycles. The van der Waals surface area contributed by atoms with Gasteiger partial charge in [0.05, 0.1) is 18.8 Å². The lowest BCUT2D eigenvalue weighted by Crippen LogP contribution is -2.38. The predicted molar refractivity (Wildman–Crippen MR) is 129 cm³/mol. The first kappa shape index (κ1) is 25.2. The summed E-state index contributed by atoms with van der Waals surface area (Å²) in [6.45, 7) is 7.57. The minimum Gasteiger partial charge on any atom is -0.491 e. The highest BCUT2D eigenvalue weighted by molar-refractivity contribution is 5.94. The number of rotatable bonds is 10. The molecule has 0 aliphatic rings. The van der Waals surface area contributed by atoms with Gasteiger partial charge in [-0.05, 0) is 62.6 Å². The number of carbonyl (C=O) groups is 1. The second-order valence-corrected chi connectivity index (χ2v) is 8.05. The van der Waals surface area contributed by atoms with Crippen molar-refractivity contribution in [2.45, 2.75) is 39.4 Å². The first-order valence-electron chi connectivity index (χ1n) is 11.1.